The molecular formula is C21H23N3O3. The number of aryl methyl sites for hydroxylation is 1. The lowest BCUT2D eigenvalue weighted by Crippen LogP contribution is -2.35. The third-order valence-corrected chi connectivity index (χ3v) is 4.43. The van der Waals surface area contributed by atoms with Crippen molar-refractivity contribution in [3.8, 4) is 5.75 Å². The van der Waals surface area contributed by atoms with Crippen molar-refractivity contribution in [3.63, 3.8) is 0 Å². The number of methoxy groups -OCH3 is 2. The number of nitrogens with zero attached hydrogens (tertiary/aromatic N) is 2. The van der Waals surface area contributed by atoms with E-state index in [1.165, 1.54) is 7.11 Å². The molecule has 6 heteroatoms. The van der Waals surface area contributed by atoms with Crippen LogP contribution in [0.25, 0.3) is 0 Å². The van der Waals surface area contributed by atoms with Crippen LogP contribution in [0.15, 0.2) is 67.0 Å². The Balaban J connectivity index is 1.97. The molecule has 1 heterocycles. The maximum atomic E-state index is 13.1. The van der Waals surface area contributed by atoms with Crippen LogP contribution in [0.4, 0.5) is 0 Å². The standard InChI is InChI=1S/C21H23N3O3/c1-24-14-13-22-20(24)18(16-11-7-8-12-17(16)26-2)23-21(25)19(27-3)15-9-5-4-6-10-15/h4-14,18-19H,1-3H3,(H,23,25)/t18-,19-/m1/s1. The molecule has 0 saturated heterocycles. The minimum atomic E-state index is -0.719. The van der Waals surface area contributed by atoms with Crippen molar-refractivity contribution >= 4 is 5.91 Å². The van der Waals surface area contributed by atoms with E-state index in [0.29, 0.717) is 11.6 Å². The molecular weight excluding hydrogens is 342 g/mol. The van der Waals surface area contributed by atoms with Crippen LogP contribution in [0, 0.1) is 0 Å². The molecule has 0 radical (unpaired) electrons. The first-order valence-electron chi connectivity index (χ1n) is 8.64. The van der Waals surface area contributed by atoms with Crippen molar-refractivity contribution in [2.24, 2.45) is 7.05 Å². The van der Waals surface area contributed by atoms with E-state index < -0.39 is 12.1 Å². The molecule has 2 atom stereocenters. The Kier molecular flexibility index (Phi) is 5.88. The third kappa shape index (κ3) is 4.01. The third-order valence-electron chi connectivity index (χ3n) is 4.43. The molecule has 0 spiro atoms. The molecule has 140 valence electrons. The van der Waals surface area contributed by atoms with Gasteiger partial charge in [0.2, 0.25) is 0 Å². The summed E-state index contributed by atoms with van der Waals surface area (Å²) >= 11 is 0. The number of carbonyl (C=O) groups is 1. The number of nitrogens with one attached hydrogen (secondary N) is 1. The second-order valence-corrected chi connectivity index (χ2v) is 6.11. The molecule has 27 heavy (non-hydrogen) atoms. The van der Waals surface area contributed by atoms with Crippen molar-refractivity contribution in [1.82, 2.24) is 14.9 Å². The van der Waals surface area contributed by atoms with E-state index in [1.54, 1.807) is 13.3 Å². The summed E-state index contributed by atoms with van der Waals surface area (Å²) in [6, 6.07) is 16.5. The normalized spacial score (nSPS) is 13.0. The lowest BCUT2D eigenvalue weighted by atomic mass is 10.0. The molecule has 0 fully saturated rings. The molecule has 0 aliphatic rings. The maximum Gasteiger partial charge on any atom is 0.254 e. The fourth-order valence-corrected chi connectivity index (χ4v) is 3.08. The number of imidazole rings is 1. The van der Waals surface area contributed by atoms with Gasteiger partial charge in [-0.3, -0.25) is 4.79 Å². The zero-order valence-corrected chi connectivity index (χ0v) is 15.6. The first-order valence-corrected chi connectivity index (χ1v) is 8.64. The second kappa shape index (κ2) is 8.51. The number of aromatic nitrogens is 2. The summed E-state index contributed by atoms with van der Waals surface area (Å²) in [7, 11) is 5.02. The molecule has 1 amide bonds. The number of hydrogen-bond donors (Lipinski definition) is 1. The molecule has 0 aliphatic carbocycles. The number of benzene rings is 2. The van der Waals surface area contributed by atoms with Crippen LogP contribution < -0.4 is 10.1 Å². The topological polar surface area (TPSA) is 65.4 Å². The van der Waals surface area contributed by atoms with Crippen LogP contribution in [-0.4, -0.2) is 29.7 Å². The zero-order valence-electron chi connectivity index (χ0n) is 15.6. The molecule has 1 N–H and O–H groups in total. The zero-order chi connectivity index (χ0) is 19.2. The average molecular weight is 365 g/mol. The highest BCUT2D eigenvalue weighted by molar-refractivity contribution is 5.83. The van der Waals surface area contributed by atoms with Gasteiger partial charge in [-0.2, -0.15) is 0 Å². The van der Waals surface area contributed by atoms with Gasteiger partial charge in [0.05, 0.1) is 7.11 Å². The van der Waals surface area contributed by atoms with E-state index >= 15 is 0 Å². The number of ether oxygens (including phenoxy) is 2. The predicted molar refractivity (Wildman–Crippen MR) is 102 cm³/mol. The van der Waals surface area contributed by atoms with Crippen LogP contribution in [-0.2, 0) is 16.6 Å². The monoisotopic (exact) mass is 365 g/mol. The summed E-state index contributed by atoms with van der Waals surface area (Å²) in [6.07, 6.45) is 2.83. The van der Waals surface area contributed by atoms with Gasteiger partial charge >= 0.3 is 0 Å². The van der Waals surface area contributed by atoms with Gasteiger partial charge in [0, 0.05) is 32.1 Å². The Morgan fingerprint density at radius 2 is 1.78 bits per heavy atom. The number of para-hydroxylation sites is 1. The molecule has 0 unspecified atom stereocenters. The molecule has 0 aliphatic heterocycles. The van der Waals surface area contributed by atoms with Gasteiger partial charge in [-0.1, -0.05) is 48.5 Å². The second-order valence-electron chi connectivity index (χ2n) is 6.11. The van der Waals surface area contributed by atoms with Crippen LogP contribution in [0.5, 0.6) is 5.75 Å². The van der Waals surface area contributed by atoms with Gasteiger partial charge in [-0.05, 0) is 11.6 Å². The van der Waals surface area contributed by atoms with Crippen LogP contribution >= 0.6 is 0 Å². The Hall–Kier alpha value is -3.12. The quantitative estimate of drug-likeness (QED) is 0.699. The molecule has 0 bridgehead atoms. The first kappa shape index (κ1) is 18.7. The number of rotatable bonds is 7. The first-order chi connectivity index (χ1) is 13.2. The molecule has 1 aromatic heterocycles. The Morgan fingerprint density at radius 3 is 2.41 bits per heavy atom. The Morgan fingerprint density at radius 1 is 1.07 bits per heavy atom. The van der Waals surface area contributed by atoms with Crippen molar-refractivity contribution in [2.45, 2.75) is 12.1 Å². The number of amides is 1. The van der Waals surface area contributed by atoms with E-state index in [1.807, 2.05) is 72.4 Å². The minimum absolute atomic E-state index is 0.248. The lowest BCUT2D eigenvalue weighted by Gasteiger charge is -2.24. The lowest BCUT2D eigenvalue weighted by molar-refractivity contribution is -0.132. The van der Waals surface area contributed by atoms with E-state index in [2.05, 4.69) is 10.3 Å². The van der Waals surface area contributed by atoms with Crippen LogP contribution in [0.1, 0.15) is 29.1 Å². The summed E-state index contributed by atoms with van der Waals surface area (Å²) in [6.45, 7) is 0. The maximum absolute atomic E-state index is 13.1. The van der Waals surface area contributed by atoms with Gasteiger partial charge in [-0.15, -0.1) is 0 Å². The number of hydrogen-bond acceptors (Lipinski definition) is 4. The number of carbonyl (C=O) groups excluding carboxylic acids is 1. The van der Waals surface area contributed by atoms with Crippen molar-refractivity contribution in [1.29, 1.82) is 0 Å². The van der Waals surface area contributed by atoms with E-state index in [9.17, 15) is 4.79 Å². The summed E-state index contributed by atoms with van der Waals surface area (Å²) in [4.78, 5) is 17.5. The molecule has 3 rings (SSSR count). The smallest absolute Gasteiger partial charge is 0.254 e. The van der Waals surface area contributed by atoms with E-state index in [-0.39, 0.29) is 5.91 Å². The van der Waals surface area contributed by atoms with Gasteiger partial charge < -0.3 is 19.4 Å². The summed E-state index contributed by atoms with van der Waals surface area (Å²) < 4.78 is 12.8. The van der Waals surface area contributed by atoms with Gasteiger partial charge in [-0.25, -0.2) is 4.98 Å². The molecule has 2 aromatic carbocycles. The highest BCUT2D eigenvalue weighted by atomic mass is 16.5. The SMILES string of the molecule is COc1ccccc1[C@@H](NC(=O)[C@H](OC)c1ccccc1)c1nccn1C. The molecule has 0 saturated carbocycles. The van der Waals surface area contributed by atoms with Gasteiger partial charge in [0.25, 0.3) is 5.91 Å². The molecule has 3 aromatic rings. The summed E-state index contributed by atoms with van der Waals surface area (Å²) in [5, 5.41) is 3.07. The van der Waals surface area contributed by atoms with Crippen LogP contribution in [0.3, 0.4) is 0 Å². The molecule has 6 nitrogen and oxygen atoms in total. The van der Waals surface area contributed by atoms with Crippen molar-refractivity contribution < 1.29 is 14.3 Å². The summed E-state index contributed by atoms with van der Waals surface area (Å²) in [5.74, 6) is 1.14. The van der Waals surface area contributed by atoms with E-state index in [0.717, 1.165) is 11.1 Å². The van der Waals surface area contributed by atoms with Crippen LogP contribution in [0.2, 0.25) is 0 Å². The minimum Gasteiger partial charge on any atom is -0.496 e. The largest absolute Gasteiger partial charge is 0.496 e. The Bertz CT molecular complexity index is 892. The fraction of sp³-hybridized carbons (Fsp3) is 0.238. The van der Waals surface area contributed by atoms with Crippen molar-refractivity contribution in [2.75, 3.05) is 14.2 Å². The summed E-state index contributed by atoms with van der Waals surface area (Å²) in [5.41, 5.74) is 1.61. The average Bonchev–Trinajstić information content (AvgIpc) is 3.13. The predicted octanol–water partition coefficient (Wildman–Crippen LogP) is 3.02. The van der Waals surface area contributed by atoms with E-state index in [4.69, 9.17) is 9.47 Å². The highest BCUT2D eigenvalue weighted by Crippen LogP contribution is 2.30. The highest BCUT2D eigenvalue weighted by Gasteiger charge is 2.28. The van der Waals surface area contributed by atoms with Crippen molar-refractivity contribution in [3.05, 3.63) is 83.9 Å². The Labute approximate surface area is 158 Å². The van der Waals surface area contributed by atoms with Gasteiger partial charge in [0.1, 0.15) is 17.6 Å². The fourth-order valence-electron chi connectivity index (χ4n) is 3.08. The van der Waals surface area contributed by atoms with Gasteiger partial charge in [0.15, 0.2) is 6.10 Å².